The van der Waals surface area contributed by atoms with Crippen LogP contribution in [0.3, 0.4) is 0 Å². The Hall–Kier alpha value is 0.748. The number of hydrogen-bond acceptors (Lipinski definition) is 3. The highest BCUT2D eigenvalue weighted by molar-refractivity contribution is 6.81. The summed E-state index contributed by atoms with van der Waals surface area (Å²) in [7, 11) is -6.04. The van der Waals surface area contributed by atoms with Gasteiger partial charge in [-0.3, -0.25) is 0 Å². The number of rotatable bonds is 8. The molecule has 0 saturated heterocycles. The van der Waals surface area contributed by atoms with Crippen molar-refractivity contribution < 1.29 is 12.3 Å². The van der Waals surface area contributed by atoms with Gasteiger partial charge in [-0.05, 0) is 45.7 Å². The zero-order valence-corrected chi connectivity index (χ0v) is 18.1. The van der Waals surface area contributed by atoms with E-state index in [9.17, 15) is 0 Å². The van der Waals surface area contributed by atoms with Gasteiger partial charge in [0, 0.05) is 5.04 Å². The Kier molecular flexibility index (Phi) is 7.82. The van der Waals surface area contributed by atoms with Gasteiger partial charge in [-0.25, -0.2) is 0 Å². The van der Waals surface area contributed by atoms with E-state index in [0.29, 0.717) is 0 Å². The van der Waals surface area contributed by atoms with Crippen LogP contribution in [0.25, 0.3) is 0 Å². The van der Waals surface area contributed by atoms with Crippen LogP contribution in [0.5, 0.6) is 0 Å². The van der Waals surface area contributed by atoms with Gasteiger partial charge >= 0.3 is 8.80 Å². The maximum atomic E-state index is 6.42. The van der Waals surface area contributed by atoms with E-state index < -0.39 is 35.9 Å². The molecule has 0 heterocycles. The van der Waals surface area contributed by atoms with Crippen LogP contribution in [0.15, 0.2) is 0 Å². The third-order valence-electron chi connectivity index (χ3n) is 2.89. The molecule has 0 atom stereocenters. The predicted octanol–water partition coefficient (Wildman–Crippen LogP) is 3.12. The van der Waals surface area contributed by atoms with Crippen LogP contribution in [0.2, 0.25) is 44.3 Å². The van der Waals surface area contributed by atoms with Gasteiger partial charge in [0.05, 0.1) is 0 Å². The lowest BCUT2D eigenvalue weighted by Crippen LogP contribution is -2.59. The van der Waals surface area contributed by atoms with E-state index in [0.717, 1.165) is 6.42 Å². The minimum Gasteiger partial charge on any atom is -0.419 e. The van der Waals surface area contributed by atoms with Crippen LogP contribution < -0.4 is 0 Å². The standard InChI is InChI=1S/C11H32O3Si4/c1-10-11(2,3)18(12-15(4)5,13-16(6)7)14-17(8)9/h15-17H,10H2,1-9H3. The second-order valence-electron chi connectivity index (χ2n) is 6.29. The molecule has 0 aromatic heterocycles. The quantitative estimate of drug-likeness (QED) is 0.642. The summed E-state index contributed by atoms with van der Waals surface area (Å²) in [5.74, 6) is 0. The summed E-state index contributed by atoms with van der Waals surface area (Å²) in [5, 5.41) is 0.0266. The Morgan fingerprint density at radius 1 is 0.778 bits per heavy atom. The first kappa shape index (κ1) is 18.7. The molecule has 0 aliphatic heterocycles. The van der Waals surface area contributed by atoms with Crippen LogP contribution in [-0.4, -0.2) is 35.9 Å². The molecule has 0 amide bonds. The van der Waals surface area contributed by atoms with E-state index in [1.165, 1.54) is 0 Å². The first-order chi connectivity index (χ1) is 8.06. The fourth-order valence-corrected chi connectivity index (χ4v) is 15.6. The summed E-state index contributed by atoms with van der Waals surface area (Å²) < 4.78 is 19.3. The van der Waals surface area contributed by atoms with Crippen molar-refractivity contribution in [3.05, 3.63) is 0 Å². The van der Waals surface area contributed by atoms with Gasteiger partial charge in [-0.2, -0.15) is 0 Å². The topological polar surface area (TPSA) is 27.7 Å². The lowest BCUT2D eigenvalue weighted by molar-refractivity contribution is 0.221. The molecule has 0 saturated carbocycles. The van der Waals surface area contributed by atoms with Gasteiger partial charge in [0.2, 0.25) is 0 Å². The molecule has 0 bridgehead atoms. The highest BCUT2D eigenvalue weighted by Crippen LogP contribution is 2.43. The van der Waals surface area contributed by atoms with Gasteiger partial charge < -0.3 is 12.3 Å². The van der Waals surface area contributed by atoms with Gasteiger partial charge in [0.15, 0.2) is 27.1 Å². The Bertz CT molecular complexity index is 218. The van der Waals surface area contributed by atoms with Gasteiger partial charge in [-0.15, -0.1) is 0 Å². The molecule has 0 aromatic carbocycles. The van der Waals surface area contributed by atoms with Crippen molar-refractivity contribution in [1.82, 2.24) is 0 Å². The summed E-state index contributed by atoms with van der Waals surface area (Å²) in [6, 6.07) is 0. The fraction of sp³-hybridized carbons (Fsp3) is 1.00. The van der Waals surface area contributed by atoms with E-state index in [4.69, 9.17) is 12.3 Å². The normalized spacial score (nSPS) is 14.0. The van der Waals surface area contributed by atoms with Gasteiger partial charge in [0.25, 0.3) is 0 Å². The van der Waals surface area contributed by atoms with Crippen LogP contribution in [0.4, 0.5) is 0 Å². The third kappa shape index (κ3) is 5.39. The van der Waals surface area contributed by atoms with Crippen molar-refractivity contribution >= 4 is 35.9 Å². The molecule has 18 heavy (non-hydrogen) atoms. The van der Waals surface area contributed by atoms with Crippen LogP contribution in [0, 0.1) is 0 Å². The molecule has 7 heteroatoms. The van der Waals surface area contributed by atoms with Gasteiger partial charge in [0.1, 0.15) is 0 Å². The summed E-state index contributed by atoms with van der Waals surface area (Å²) in [6.45, 7) is 20.0. The van der Waals surface area contributed by atoms with Crippen LogP contribution in [0.1, 0.15) is 27.2 Å². The van der Waals surface area contributed by atoms with Crippen molar-refractivity contribution in [3.8, 4) is 0 Å². The summed E-state index contributed by atoms with van der Waals surface area (Å²) in [4.78, 5) is 0. The molecule has 0 rings (SSSR count). The first-order valence-corrected chi connectivity index (χ1v) is 17.2. The molecule has 0 spiro atoms. The Balaban J connectivity index is 5.38. The molecule has 0 unspecified atom stereocenters. The molecular formula is C11H32O3Si4. The Morgan fingerprint density at radius 3 is 1.22 bits per heavy atom. The monoisotopic (exact) mass is 324 g/mol. The molecular weight excluding hydrogens is 292 g/mol. The van der Waals surface area contributed by atoms with Gasteiger partial charge in [-0.1, -0.05) is 20.8 Å². The smallest absolute Gasteiger partial charge is 0.419 e. The zero-order valence-electron chi connectivity index (χ0n) is 13.7. The molecule has 3 nitrogen and oxygen atoms in total. The van der Waals surface area contributed by atoms with E-state index >= 15 is 0 Å². The van der Waals surface area contributed by atoms with Crippen LogP contribution in [-0.2, 0) is 12.3 Å². The molecule has 0 fully saturated rings. The van der Waals surface area contributed by atoms with Crippen molar-refractivity contribution in [2.24, 2.45) is 0 Å². The van der Waals surface area contributed by atoms with Crippen LogP contribution >= 0.6 is 0 Å². The summed E-state index contributed by atoms with van der Waals surface area (Å²) >= 11 is 0. The Morgan fingerprint density at radius 2 is 1.06 bits per heavy atom. The molecule has 0 N–H and O–H groups in total. The highest BCUT2D eigenvalue weighted by atomic mass is 28.5. The summed E-state index contributed by atoms with van der Waals surface area (Å²) in [6.07, 6.45) is 1.04. The van der Waals surface area contributed by atoms with E-state index in [-0.39, 0.29) is 5.04 Å². The second-order valence-corrected chi connectivity index (χ2v) is 17.9. The maximum absolute atomic E-state index is 6.42. The zero-order chi connectivity index (χ0) is 14.6. The van der Waals surface area contributed by atoms with E-state index in [1.807, 2.05) is 0 Å². The van der Waals surface area contributed by atoms with Crippen molar-refractivity contribution in [2.75, 3.05) is 0 Å². The lowest BCUT2D eigenvalue weighted by atomic mass is 10.1. The van der Waals surface area contributed by atoms with Crippen molar-refractivity contribution in [2.45, 2.75) is 71.5 Å². The molecule has 0 aromatic rings. The second kappa shape index (κ2) is 7.51. The maximum Gasteiger partial charge on any atom is 0.474 e. The average Bonchev–Trinajstić information content (AvgIpc) is 2.13. The number of hydrogen-bond donors (Lipinski definition) is 0. The van der Waals surface area contributed by atoms with E-state index in [2.05, 4.69) is 60.1 Å². The summed E-state index contributed by atoms with van der Waals surface area (Å²) in [5.41, 5.74) is 0. The van der Waals surface area contributed by atoms with Crippen molar-refractivity contribution in [1.29, 1.82) is 0 Å². The lowest BCUT2D eigenvalue weighted by Gasteiger charge is -2.45. The minimum absolute atomic E-state index is 0.0266. The molecule has 0 aliphatic carbocycles. The minimum atomic E-state index is -2.53. The Labute approximate surface area is 120 Å². The molecule has 0 radical (unpaired) electrons. The van der Waals surface area contributed by atoms with Crippen molar-refractivity contribution in [3.63, 3.8) is 0 Å². The third-order valence-corrected chi connectivity index (χ3v) is 14.3. The highest BCUT2D eigenvalue weighted by Gasteiger charge is 2.55. The first-order valence-electron chi connectivity index (χ1n) is 7.09. The van der Waals surface area contributed by atoms with E-state index in [1.54, 1.807) is 0 Å². The predicted molar refractivity (Wildman–Crippen MR) is 90.0 cm³/mol. The fourth-order valence-electron chi connectivity index (χ4n) is 1.71. The average molecular weight is 325 g/mol. The largest absolute Gasteiger partial charge is 0.474 e. The molecule has 110 valence electrons. The molecule has 0 aliphatic rings. The SMILES string of the molecule is CCC(C)(C)[Si](O[SiH](C)C)(O[SiH](C)C)O[SiH](C)C.